The molecule has 0 atom stereocenters. The maximum Gasteiger partial charge on any atom is 0.347 e. The Morgan fingerprint density at radius 3 is 2.94 bits per heavy atom. The number of benzene rings is 1. The van der Waals surface area contributed by atoms with E-state index in [0.717, 1.165) is 35.1 Å². The Morgan fingerprint density at radius 1 is 1.28 bits per heavy atom. The highest BCUT2D eigenvalue weighted by molar-refractivity contribution is 7.99. The number of H-pyrrole nitrogens is 1. The van der Waals surface area contributed by atoms with E-state index in [9.17, 15) is 9.59 Å². The van der Waals surface area contributed by atoms with Crippen molar-refractivity contribution in [2.24, 2.45) is 0 Å². The van der Waals surface area contributed by atoms with E-state index in [-0.39, 0.29) is 24.0 Å². The van der Waals surface area contributed by atoms with Crippen LogP contribution in [0.4, 0.5) is 5.69 Å². The van der Waals surface area contributed by atoms with E-state index >= 15 is 0 Å². The van der Waals surface area contributed by atoms with Gasteiger partial charge in [-0.25, -0.2) is 9.78 Å². The van der Waals surface area contributed by atoms with Crippen molar-refractivity contribution in [2.45, 2.75) is 44.3 Å². The Morgan fingerprint density at radius 2 is 2.09 bits per heavy atom. The van der Waals surface area contributed by atoms with Gasteiger partial charge in [0.25, 0.3) is 0 Å². The molecule has 166 valence electrons. The number of anilines is 1. The second-order valence-corrected chi connectivity index (χ2v) is 10.2. The number of fused-ring (bicyclic) bond motifs is 4. The lowest BCUT2D eigenvalue weighted by atomic mass is 9.97. The number of aryl methyl sites for hydroxylation is 2. The Bertz CT molecular complexity index is 1290. The monoisotopic (exact) mass is 470 g/mol. The second kappa shape index (κ2) is 8.63. The topological polar surface area (TPSA) is 83.7 Å². The van der Waals surface area contributed by atoms with E-state index in [1.165, 1.54) is 28.6 Å². The Kier molecular flexibility index (Phi) is 5.69. The van der Waals surface area contributed by atoms with Crippen LogP contribution in [0.15, 0.2) is 40.3 Å². The second-order valence-electron chi connectivity index (χ2n) is 8.10. The predicted octanol–water partition coefficient (Wildman–Crippen LogP) is 3.79. The van der Waals surface area contributed by atoms with Gasteiger partial charge in [0, 0.05) is 16.6 Å². The summed E-state index contributed by atoms with van der Waals surface area (Å²) in [6, 6.07) is 5.30. The van der Waals surface area contributed by atoms with Gasteiger partial charge in [0.05, 0.1) is 5.75 Å². The summed E-state index contributed by atoms with van der Waals surface area (Å²) >= 11 is 2.99. The normalized spacial score (nSPS) is 14.4. The zero-order chi connectivity index (χ0) is 22.2. The summed E-state index contributed by atoms with van der Waals surface area (Å²) in [6.45, 7) is 6.50. The van der Waals surface area contributed by atoms with Crippen molar-refractivity contribution in [1.82, 2.24) is 4.57 Å². The van der Waals surface area contributed by atoms with Crippen LogP contribution in [0.1, 0.15) is 30.2 Å². The van der Waals surface area contributed by atoms with Crippen LogP contribution in [0.3, 0.4) is 0 Å². The van der Waals surface area contributed by atoms with E-state index in [1.54, 1.807) is 34.1 Å². The number of aromatic nitrogens is 2. The molecule has 9 heteroatoms. The number of hydrogen-bond donors (Lipinski definition) is 1. The van der Waals surface area contributed by atoms with Crippen molar-refractivity contribution in [1.29, 1.82) is 0 Å². The van der Waals surface area contributed by atoms with E-state index in [1.807, 2.05) is 6.92 Å². The van der Waals surface area contributed by atoms with Gasteiger partial charge in [-0.3, -0.25) is 4.79 Å². The largest absolute Gasteiger partial charge is 0.454 e. The molecule has 1 aromatic carbocycles. The van der Waals surface area contributed by atoms with Gasteiger partial charge >= 0.3 is 10.7 Å². The highest BCUT2D eigenvalue weighted by Crippen LogP contribution is 2.35. The smallest absolute Gasteiger partial charge is 0.347 e. The number of thiophene rings is 1. The van der Waals surface area contributed by atoms with Gasteiger partial charge in [-0.1, -0.05) is 17.9 Å². The third-order valence-corrected chi connectivity index (χ3v) is 7.73. The number of hydrogen-bond acceptors (Lipinski definition) is 6. The number of amides is 1. The summed E-state index contributed by atoms with van der Waals surface area (Å²) < 4.78 is 12.4. The van der Waals surface area contributed by atoms with Crippen molar-refractivity contribution >= 4 is 44.9 Å². The molecule has 0 unspecified atom stereocenters. The lowest BCUT2D eigenvalue weighted by molar-refractivity contribution is -0.404. The quantitative estimate of drug-likeness (QED) is 0.337. The molecule has 7 nitrogen and oxygen atoms in total. The van der Waals surface area contributed by atoms with Crippen LogP contribution in [0, 0.1) is 0 Å². The van der Waals surface area contributed by atoms with Gasteiger partial charge < -0.3 is 14.8 Å². The van der Waals surface area contributed by atoms with E-state index in [4.69, 9.17) is 9.47 Å². The van der Waals surface area contributed by atoms with Crippen LogP contribution in [0.25, 0.3) is 10.2 Å². The fourth-order valence-corrected chi connectivity index (χ4v) is 6.27. The Hall–Kier alpha value is -2.78. The third-order valence-electron chi connectivity index (χ3n) is 5.52. The average molecular weight is 471 g/mol. The molecule has 1 aliphatic heterocycles. The summed E-state index contributed by atoms with van der Waals surface area (Å²) in [6.07, 6.45) is 4.27. The number of nitrogens with one attached hydrogen (secondary N) is 2. The first-order valence-electron chi connectivity index (χ1n) is 10.6. The van der Waals surface area contributed by atoms with E-state index < -0.39 is 0 Å². The number of carbonyl (C=O) groups is 1. The number of ether oxygens (including phenoxy) is 2. The lowest BCUT2D eigenvalue weighted by Crippen LogP contribution is -2.31. The molecular weight excluding hydrogens is 446 g/mol. The maximum atomic E-state index is 13.4. The first-order chi connectivity index (χ1) is 15.5. The zero-order valence-electron chi connectivity index (χ0n) is 17.8. The van der Waals surface area contributed by atoms with Gasteiger partial charge in [0.15, 0.2) is 16.3 Å². The standard InChI is InChI=1S/C23H23N3O4S2/c1-13(2)10-26-22(28)20-15-5-3-4-6-18(15)32-21(20)25-23(26)31-11-19(27)24-14-7-8-16-17(9-14)30-12-29-16/h7-9H,1,3-6,10-12H2,2H3,(H,24,27)/p+1. The van der Waals surface area contributed by atoms with Crippen LogP contribution < -0.4 is 25.3 Å². The van der Waals surface area contributed by atoms with Gasteiger partial charge in [-0.15, -0.1) is 0 Å². The Balaban J connectivity index is 1.39. The third kappa shape index (κ3) is 4.02. The number of rotatable bonds is 6. The molecule has 0 fully saturated rings. The zero-order valence-corrected chi connectivity index (χ0v) is 19.4. The number of aromatic amines is 1. The number of nitrogens with zero attached hydrogens (tertiary/aromatic N) is 1. The molecule has 32 heavy (non-hydrogen) atoms. The average Bonchev–Trinajstić information content (AvgIpc) is 3.38. The minimum Gasteiger partial charge on any atom is -0.454 e. The summed E-state index contributed by atoms with van der Waals surface area (Å²) in [5.41, 5.74) is 2.73. The summed E-state index contributed by atoms with van der Waals surface area (Å²) in [4.78, 5) is 31.7. The number of thioether (sulfide) groups is 1. The molecule has 5 rings (SSSR count). The molecule has 0 bridgehead atoms. The highest BCUT2D eigenvalue weighted by atomic mass is 32.2. The molecule has 1 amide bonds. The van der Waals surface area contributed by atoms with Crippen LogP contribution in [-0.2, 0) is 24.2 Å². The van der Waals surface area contributed by atoms with Gasteiger partial charge in [0.1, 0.15) is 11.9 Å². The molecule has 0 saturated carbocycles. The molecule has 0 spiro atoms. The molecule has 1 aliphatic carbocycles. The highest BCUT2D eigenvalue weighted by Gasteiger charge is 2.27. The van der Waals surface area contributed by atoms with Crippen LogP contribution >= 0.6 is 23.1 Å². The minimum absolute atomic E-state index is 0.000158. The Labute approximate surface area is 193 Å². The lowest BCUT2D eigenvalue weighted by Gasteiger charge is -2.10. The van der Waals surface area contributed by atoms with Crippen LogP contribution in [0.2, 0.25) is 0 Å². The van der Waals surface area contributed by atoms with Crippen LogP contribution in [0.5, 0.6) is 11.5 Å². The van der Waals surface area contributed by atoms with Crippen molar-refractivity contribution in [3.8, 4) is 11.5 Å². The fourth-order valence-electron chi connectivity index (χ4n) is 4.10. The molecule has 2 N–H and O–H groups in total. The molecule has 0 saturated heterocycles. The van der Waals surface area contributed by atoms with Gasteiger partial charge in [-0.05, 0) is 67.6 Å². The van der Waals surface area contributed by atoms with Crippen molar-refractivity contribution in [2.75, 3.05) is 17.9 Å². The molecule has 3 aromatic rings. The number of allylic oxidation sites excluding steroid dienone is 1. The van der Waals surface area contributed by atoms with Crippen molar-refractivity contribution in [3.05, 3.63) is 51.1 Å². The van der Waals surface area contributed by atoms with Crippen LogP contribution in [-0.4, -0.2) is 23.0 Å². The molecule has 3 heterocycles. The van der Waals surface area contributed by atoms with Crippen molar-refractivity contribution in [3.63, 3.8) is 0 Å². The van der Waals surface area contributed by atoms with E-state index in [2.05, 4.69) is 16.9 Å². The molecular formula is C23H24N3O4S2+. The summed E-state index contributed by atoms with van der Waals surface area (Å²) in [5, 5.41) is 4.36. The summed E-state index contributed by atoms with van der Waals surface area (Å²) in [7, 11) is 0. The minimum atomic E-state index is -0.165. The molecule has 2 aliphatic rings. The molecule has 2 aromatic heterocycles. The summed E-state index contributed by atoms with van der Waals surface area (Å²) in [5.74, 6) is 1.29. The first kappa shape index (κ1) is 21.1. The van der Waals surface area contributed by atoms with Crippen molar-refractivity contribution < 1.29 is 19.3 Å². The first-order valence-corrected chi connectivity index (χ1v) is 12.4. The fraction of sp³-hybridized carbons (Fsp3) is 0.348. The predicted molar refractivity (Wildman–Crippen MR) is 126 cm³/mol. The van der Waals surface area contributed by atoms with Gasteiger partial charge in [0.2, 0.25) is 12.7 Å². The number of carbonyl (C=O) groups excluding carboxylic acids is 1. The van der Waals surface area contributed by atoms with Gasteiger partial charge in [-0.2, -0.15) is 4.57 Å². The molecule has 0 radical (unpaired) electrons. The maximum absolute atomic E-state index is 13.4. The van der Waals surface area contributed by atoms with E-state index in [0.29, 0.717) is 28.9 Å². The SMILES string of the molecule is C=C(C)Cn1c(SCC(=O)Nc2ccc3c(c2)OCO3)[nH+]c2sc3c(c2c1=O)CCCC3.